The third-order valence-electron chi connectivity index (χ3n) is 4.34. The number of benzene rings is 3. The van der Waals surface area contributed by atoms with Gasteiger partial charge in [0.2, 0.25) is 4.77 Å². The van der Waals surface area contributed by atoms with Crippen molar-refractivity contribution in [1.29, 1.82) is 0 Å². The molecule has 5 nitrogen and oxygen atoms in total. The maximum Gasteiger partial charge on any atom is 0.216 e. The summed E-state index contributed by atoms with van der Waals surface area (Å²) >= 11 is 20.9. The Morgan fingerprint density at radius 3 is 2.65 bits per heavy atom. The van der Waals surface area contributed by atoms with Crippen molar-refractivity contribution in [1.82, 2.24) is 14.9 Å². The molecule has 0 atom stereocenters. The molecule has 0 amide bonds. The highest BCUT2D eigenvalue weighted by atomic mass is 79.9. The van der Waals surface area contributed by atoms with E-state index >= 15 is 0 Å². The standard InChI is InChI=1S/C22H15BrCl2N4OS/c23-17-7-9-20(30-13-14-6-8-18(24)19(25)10-14)16(11-17)12-26-29-21(27-28-22(29)31)15-4-2-1-3-5-15/h1-12H,13H2,(H,28,31)/b26-12-. The molecule has 0 aliphatic rings. The van der Waals surface area contributed by atoms with E-state index in [1.165, 1.54) is 0 Å². The van der Waals surface area contributed by atoms with Crippen LogP contribution in [0.1, 0.15) is 11.1 Å². The predicted octanol–water partition coefficient (Wildman–Crippen LogP) is 7.14. The van der Waals surface area contributed by atoms with Crippen molar-refractivity contribution in [3.8, 4) is 17.1 Å². The summed E-state index contributed by atoms with van der Waals surface area (Å²) in [6.07, 6.45) is 1.69. The summed E-state index contributed by atoms with van der Waals surface area (Å²) in [5.41, 5.74) is 2.58. The summed E-state index contributed by atoms with van der Waals surface area (Å²) in [6, 6.07) is 20.8. The SMILES string of the molecule is S=c1[nH]nc(-c2ccccc2)n1/N=C\c1cc(Br)ccc1OCc1ccc(Cl)c(Cl)c1. The normalized spacial score (nSPS) is 11.2. The molecule has 0 spiro atoms. The summed E-state index contributed by atoms with van der Waals surface area (Å²) in [5, 5.41) is 12.6. The number of hydrogen-bond acceptors (Lipinski definition) is 4. The lowest BCUT2D eigenvalue weighted by atomic mass is 10.2. The van der Waals surface area contributed by atoms with Crippen LogP contribution < -0.4 is 4.74 Å². The van der Waals surface area contributed by atoms with E-state index in [0.29, 0.717) is 33.0 Å². The zero-order valence-corrected chi connectivity index (χ0v) is 19.8. The Bertz CT molecular complexity index is 1300. The average Bonchev–Trinajstić information content (AvgIpc) is 3.15. The van der Waals surface area contributed by atoms with E-state index < -0.39 is 0 Å². The highest BCUT2D eigenvalue weighted by molar-refractivity contribution is 9.10. The molecule has 0 bridgehead atoms. The molecule has 0 aliphatic heterocycles. The van der Waals surface area contributed by atoms with E-state index in [2.05, 4.69) is 31.2 Å². The van der Waals surface area contributed by atoms with Gasteiger partial charge in [-0.15, -0.1) is 0 Å². The Morgan fingerprint density at radius 2 is 1.87 bits per heavy atom. The molecule has 0 unspecified atom stereocenters. The smallest absolute Gasteiger partial charge is 0.216 e. The number of halogens is 3. The first kappa shape index (κ1) is 21.8. The average molecular weight is 534 g/mol. The largest absolute Gasteiger partial charge is 0.488 e. The third-order valence-corrected chi connectivity index (χ3v) is 5.84. The third kappa shape index (κ3) is 5.25. The molecule has 1 N–H and O–H groups in total. The first-order chi connectivity index (χ1) is 15.0. The zero-order valence-electron chi connectivity index (χ0n) is 15.9. The van der Waals surface area contributed by atoms with E-state index in [-0.39, 0.29) is 0 Å². The van der Waals surface area contributed by atoms with E-state index in [1.54, 1.807) is 23.0 Å². The fourth-order valence-corrected chi connectivity index (χ4v) is 3.71. The summed E-state index contributed by atoms with van der Waals surface area (Å²) in [7, 11) is 0. The number of aromatic amines is 1. The Balaban J connectivity index is 1.61. The van der Waals surface area contributed by atoms with Gasteiger partial charge in [-0.25, -0.2) is 5.10 Å². The van der Waals surface area contributed by atoms with Gasteiger partial charge in [-0.1, -0.05) is 75.5 Å². The van der Waals surface area contributed by atoms with E-state index in [4.69, 9.17) is 40.2 Å². The van der Waals surface area contributed by atoms with Crippen molar-refractivity contribution in [3.05, 3.63) is 97.1 Å². The van der Waals surface area contributed by atoms with Crippen LogP contribution >= 0.6 is 51.3 Å². The van der Waals surface area contributed by atoms with Gasteiger partial charge in [-0.05, 0) is 48.1 Å². The second kappa shape index (κ2) is 9.78. The molecule has 31 heavy (non-hydrogen) atoms. The number of nitrogens with one attached hydrogen (secondary N) is 1. The molecular formula is C22H15BrCl2N4OS. The highest BCUT2D eigenvalue weighted by Crippen LogP contribution is 2.26. The van der Waals surface area contributed by atoms with Gasteiger partial charge in [0.25, 0.3) is 0 Å². The molecule has 3 aromatic carbocycles. The van der Waals surface area contributed by atoms with Crippen molar-refractivity contribution >= 4 is 57.6 Å². The molecule has 0 saturated heterocycles. The van der Waals surface area contributed by atoms with Crippen LogP contribution in [0.2, 0.25) is 10.0 Å². The first-order valence-electron chi connectivity index (χ1n) is 9.15. The molecule has 1 heterocycles. The molecule has 0 aliphatic carbocycles. The van der Waals surface area contributed by atoms with Crippen LogP contribution in [0, 0.1) is 4.77 Å². The lowest BCUT2D eigenvalue weighted by Gasteiger charge is -2.10. The number of hydrogen-bond donors (Lipinski definition) is 1. The van der Waals surface area contributed by atoms with Crippen molar-refractivity contribution in [2.24, 2.45) is 5.10 Å². The Kier molecular flexibility index (Phi) is 6.87. The number of rotatable bonds is 6. The van der Waals surface area contributed by atoms with Crippen LogP contribution in [-0.2, 0) is 6.61 Å². The number of ether oxygens (including phenoxy) is 1. The number of H-pyrrole nitrogens is 1. The highest BCUT2D eigenvalue weighted by Gasteiger charge is 2.09. The topological polar surface area (TPSA) is 55.2 Å². The summed E-state index contributed by atoms with van der Waals surface area (Å²) in [5.74, 6) is 1.28. The molecule has 0 radical (unpaired) electrons. The molecule has 1 aromatic heterocycles. The fourth-order valence-electron chi connectivity index (χ4n) is 2.83. The van der Waals surface area contributed by atoms with Gasteiger partial charge in [-0.2, -0.15) is 14.9 Å². The molecular weight excluding hydrogens is 519 g/mol. The second-order valence-electron chi connectivity index (χ2n) is 6.49. The Labute approximate surface area is 202 Å². The van der Waals surface area contributed by atoms with Crippen LogP contribution in [0.25, 0.3) is 11.4 Å². The van der Waals surface area contributed by atoms with Crippen LogP contribution in [-0.4, -0.2) is 21.1 Å². The van der Waals surface area contributed by atoms with Gasteiger partial charge in [0.15, 0.2) is 5.82 Å². The van der Waals surface area contributed by atoms with Crippen LogP contribution in [0.15, 0.2) is 76.3 Å². The molecule has 156 valence electrons. The lowest BCUT2D eigenvalue weighted by molar-refractivity contribution is 0.306. The van der Waals surface area contributed by atoms with Gasteiger partial charge in [0.05, 0.1) is 16.3 Å². The maximum absolute atomic E-state index is 6.10. The van der Waals surface area contributed by atoms with E-state index in [9.17, 15) is 0 Å². The second-order valence-corrected chi connectivity index (χ2v) is 8.61. The van der Waals surface area contributed by atoms with E-state index in [0.717, 1.165) is 21.2 Å². The minimum atomic E-state index is 0.333. The molecule has 0 fully saturated rings. The minimum absolute atomic E-state index is 0.333. The maximum atomic E-state index is 6.10. The van der Waals surface area contributed by atoms with Crippen molar-refractivity contribution in [3.63, 3.8) is 0 Å². The summed E-state index contributed by atoms with van der Waals surface area (Å²) in [6.45, 7) is 0.333. The molecule has 0 saturated carbocycles. The summed E-state index contributed by atoms with van der Waals surface area (Å²) in [4.78, 5) is 0. The molecule has 4 aromatic rings. The van der Waals surface area contributed by atoms with Crippen molar-refractivity contribution < 1.29 is 4.74 Å². The van der Waals surface area contributed by atoms with Crippen molar-refractivity contribution in [2.45, 2.75) is 6.61 Å². The molecule has 9 heteroatoms. The number of nitrogens with zero attached hydrogens (tertiary/aromatic N) is 3. The summed E-state index contributed by atoms with van der Waals surface area (Å²) < 4.78 is 8.88. The van der Waals surface area contributed by atoms with Gasteiger partial charge in [-0.3, -0.25) is 0 Å². The van der Waals surface area contributed by atoms with Gasteiger partial charge in [0.1, 0.15) is 12.4 Å². The monoisotopic (exact) mass is 532 g/mol. The first-order valence-corrected chi connectivity index (χ1v) is 11.1. The van der Waals surface area contributed by atoms with Gasteiger partial charge < -0.3 is 4.74 Å². The van der Waals surface area contributed by atoms with E-state index in [1.807, 2.05) is 54.6 Å². The van der Waals surface area contributed by atoms with Crippen LogP contribution in [0.3, 0.4) is 0 Å². The fraction of sp³-hybridized carbons (Fsp3) is 0.0455. The minimum Gasteiger partial charge on any atom is -0.488 e. The van der Waals surface area contributed by atoms with Crippen LogP contribution in [0.5, 0.6) is 5.75 Å². The zero-order chi connectivity index (χ0) is 21.8. The van der Waals surface area contributed by atoms with Gasteiger partial charge >= 0.3 is 0 Å². The lowest BCUT2D eigenvalue weighted by Crippen LogP contribution is -2.00. The quantitative estimate of drug-likeness (QED) is 0.212. The Hall–Kier alpha value is -2.45. The molecule has 4 rings (SSSR count). The van der Waals surface area contributed by atoms with Crippen LogP contribution in [0.4, 0.5) is 0 Å². The van der Waals surface area contributed by atoms with Gasteiger partial charge in [0, 0.05) is 15.6 Å². The number of aromatic nitrogens is 3. The van der Waals surface area contributed by atoms with Crippen molar-refractivity contribution in [2.75, 3.05) is 0 Å². The predicted molar refractivity (Wildman–Crippen MR) is 131 cm³/mol. The Morgan fingerprint density at radius 1 is 1.06 bits per heavy atom.